The van der Waals surface area contributed by atoms with Crippen LogP contribution in [0.2, 0.25) is 0 Å². The molecule has 1 aromatic carbocycles. The minimum Gasteiger partial charge on any atom is -0.484 e. The molecule has 0 bridgehead atoms. The maximum Gasteiger partial charge on any atom is 0.419 e. The van der Waals surface area contributed by atoms with Crippen LogP contribution in [0.1, 0.15) is 37.1 Å². The Morgan fingerprint density at radius 3 is 2.61 bits per heavy atom. The van der Waals surface area contributed by atoms with Gasteiger partial charge in [-0.05, 0) is 42.3 Å². The molecule has 36 heavy (non-hydrogen) atoms. The van der Waals surface area contributed by atoms with Crippen molar-refractivity contribution in [3.63, 3.8) is 0 Å². The van der Waals surface area contributed by atoms with Crippen LogP contribution in [0.15, 0.2) is 43.1 Å². The largest absolute Gasteiger partial charge is 0.484 e. The third kappa shape index (κ3) is 4.94. The van der Waals surface area contributed by atoms with Gasteiger partial charge in [-0.3, -0.25) is 0 Å². The van der Waals surface area contributed by atoms with Crippen LogP contribution < -0.4 is 9.64 Å². The molecule has 0 radical (unpaired) electrons. The lowest BCUT2D eigenvalue weighted by atomic mass is 9.99. The summed E-state index contributed by atoms with van der Waals surface area (Å²) in [4.78, 5) is 11.3. The number of tetrazole rings is 1. The highest BCUT2D eigenvalue weighted by molar-refractivity contribution is 5.37. The summed E-state index contributed by atoms with van der Waals surface area (Å²) in [6.07, 6.45) is 1.33. The average molecular weight is 504 g/mol. The van der Waals surface area contributed by atoms with Crippen LogP contribution in [0.3, 0.4) is 0 Å². The van der Waals surface area contributed by atoms with Gasteiger partial charge in [-0.25, -0.2) is 19.0 Å². The molecule has 188 valence electrons. The Labute approximate surface area is 201 Å². The third-order valence-electron chi connectivity index (χ3n) is 5.86. The number of rotatable bonds is 6. The molecule has 1 aliphatic rings. The normalized spacial score (nSPS) is 18.4. The minimum atomic E-state index is -4.48. The van der Waals surface area contributed by atoms with Crippen molar-refractivity contribution in [2.24, 2.45) is 0 Å². The molecular weight excluding hydrogens is 484 g/mol. The third-order valence-corrected chi connectivity index (χ3v) is 5.86. The second-order valence-electron chi connectivity index (χ2n) is 8.30. The molecule has 15 heteroatoms. The summed E-state index contributed by atoms with van der Waals surface area (Å²) in [5.74, 6) is -0.258. The molecule has 2 unspecified atom stereocenters. The van der Waals surface area contributed by atoms with Gasteiger partial charge in [0.25, 0.3) is 0 Å². The number of hydrogen-bond acceptors (Lipinski definition) is 9. The zero-order chi connectivity index (χ0) is 25.3. The van der Waals surface area contributed by atoms with E-state index in [4.69, 9.17) is 4.74 Å². The van der Waals surface area contributed by atoms with E-state index in [0.29, 0.717) is 30.8 Å². The Bertz CT molecular complexity index is 1310. The van der Waals surface area contributed by atoms with Crippen LogP contribution in [-0.4, -0.2) is 57.8 Å². The fraction of sp³-hybridized carbons (Fsp3) is 0.381. The van der Waals surface area contributed by atoms with E-state index in [1.807, 2.05) is 11.8 Å². The van der Waals surface area contributed by atoms with E-state index >= 15 is 0 Å². The molecule has 0 amide bonds. The second kappa shape index (κ2) is 9.47. The number of hydrogen-bond donors (Lipinski definition) is 0. The van der Waals surface area contributed by atoms with Crippen LogP contribution in [0, 0.1) is 5.82 Å². The first-order valence-electron chi connectivity index (χ1n) is 11.0. The van der Waals surface area contributed by atoms with Crippen molar-refractivity contribution in [1.82, 2.24) is 45.2 Å². The fourth-order valence-corrected chi connectivity index (χ4v) is 4.00. The quantitative estimate of drug-likeness (QED) is 0.366. The van der Waals surface area contributed by atoms with Crippen molar-refractivity contribution in [2.75, 3.05) is 11.4 Å². The maximum atomic E-state index is 14.4. The zero-order valence-corrected chi connectivity index (χ0v) is 18.9. The van der Waals surface area contributed by atoms with Crippen LogP contribution in [0.4, 0.5) is 23.5 Å². The first-order valence-corrected chi connectivity index (χ1v) is 11.0. The number of ether oxygens (including phenoxy) is 1. The second-order valence-corrected chi connectivity index (χ2v) is 8.30. The van der Waals surface area contributed by atoms with Crippen LogP contribution in [0.25, 0.3) is 5.69 Å². The highest BCUT2D eigenvalue weighted by Gasteiger charge is 2.33. The molecule has 1 saturated heterocycles. The number of alkyl halides is 3. The number of anilines is 1. The van der Waals surface area contributed by atoms with Crippen molar-refractivity contribution in [2.45, 2.75) is 44.6 Å². The number of halogens is 4. The Kier molecular flexibility index (Phi) is 6.20. The molecule has 2 atom stereocenters. The summed E-state index contributed by atoms with van der Waals surface area (Å²) in [6, 6.07) is 4.31. The standard InChI is InChI=1S/C21H20F4N10O/c1-13-6-17(4-5-33(13)20-26-8-14(9-27-20)21(23,24)25)35-29-10-15(30-35)11-36-19-3-2-16(7-18(19)22)34-12-28-31-32-34/h2-3,7-10,12-13,17H,4-6,11H2,1H3. The highest BCUT2D eigenvalue weighted by atomic mass is 19.4. The summed E-state index contributed by atoms with van der Waals surface area (Å²) in [6.45, 7) is 2.50. The van der Waals surface area contributed by atoms with Gasteiger partial charge in [-0.2, -0.15) is 28.2 Å². The number of aromatic nitrogens is 9. The van der Waals surface area contributed by atoms with E-state index in [1.165, 1.54) is 23.1 Å². The lowest BCUT2D eigenvalue weighted by molar-refractivity contribution is -0.138. The van der Waals surface area contributed by atoms with Crippen LogP contribution in [0.5, 0.6) is 5.75 Å². The van der Waals surface area contributed by atoms with Gasteiger partial charge < -0.3 is 9.64 Å². The summed E-state index contributed by atoms with van der Waals surface area (Å²) in [7, 11) is 0. The summed E-state index contributed by atoms with van der Waals surface area (Å²) >= 11 is 0. The summed E-state index contributed by atoms with van der Waals surface area (Å²) in [5, 5.41) is 19.5. The number of nitrogens with zero attached hydrogens (tertiary/aromatic N) is 10. The monoisotopic (exact) mass is 504 g/mol. The summed E-state index contributed by atoms with van der Waals surface area (Å²) in [5.41, 5.74) is 0.102. The first-order chi connectivity index (χ1) is 17.3. The molecule has 1 fully saturated rings. The molecule has 0 spiro atoms. The van der Waals surface area contributed by atoms with Gasteiger partial charge >= 0.3 is 6.18 Å². The smallest absolute Gasteiger partial charge is 0.419 e. The zero-order valence-electron chi connectivity index (χ0n) is 18.9. The van der Waals surface area contributed by atoms with Gasteiger partial charge in [0.15, 0.2) is 11.6 Å². The molecule has 0 aliphatic carbocycles. The Morgan fingerprint density at radius 1 is 1.14 bits per heavy atom. The predicted octanol–water partition coefficient (Wildman–Crippen LogP) is 3.01. The molecule has 3 aromatic heterocycles. The van der Waals surface area contributed by atoms with Crippen molar-refractivity contribution < 1.29 is 22.3 Å². The van der Waals surface area contributed by atoms with E-state index in [-0.39, 0.29) is 30.4 Å². The number of piperidine rings is 1. The lowest BCUT2D eigenvalue weighted by Gasteiger charge is -2.37. The van der Waals surface area contributed by atoms with Crippen molar-refractivity contribution in [3.05, 3.63) is 60.2 Å². The van der Waals surface area contributed by atoms with Crippen molar-refractivity contribution in [1.29, 1.82) is 0 Å². The number of benzene rings is 1. The minimum absolute atomic E-state index is 0.0215. The predicted molar refractivity (Wildman–Crippen MR) is 116 cm³/mol. The van der Waals surface area contributed by atoms with Crippen LogP contribution in [-0.2, 0) is 12.8 Å². The molecular formula is C21H20F4N10O. The van der Waals surface area contributed by atoms with E-state index in [0.717, 1.165) is 12.4 Å². The summed E-state index contributed by atoms with van der Waals surface area (Å²) < 4.78 is 59.6. The molecule has 4 aromatic rings. The average Bonchev–Trinajstić information content (AvgIpc) is 3.56. The first kappa shape index (κ1) is 23.6. The Morgan fingerprint density at radius 2 is 1.94 bits per heavy atom. The van der Waals surface area contributed by atoms with E-state index in [9.17, 15) is 17.6 Å². The van der Waals surface area contributed by atoms with Gasteiger partial charge in [-0.1, -0.05) is 0 Å². The SMILES string of the molecule is CC1CC(n2ncc(COc3ccc(-n4cnnn4)cc3F)n2)CCN1c1ncc(C(F)(F)F)cn1. The topological polar surface area (TPSA) is 113 Å². The maximum absolute atomic E-state index is 14.4. The molecule has 0 N–H and O–H groups in total. The molecule has 5 rings (SSSR count). The Balaban J connectivity index is 1.18. The lowest BCUT2D eigenvalue weighted by Crippen LogP contribution is -2.42. The van der Waals surface area contributed by atoms with E-state index in [2.05, 4.69) is 35.7 Å². The van der Waals surface area contributed by atoms with Gasteiger partial charge in [0, 0.05) is 31.0 Å². The van der Waals surface area contributed by atoms with Crippen molar-refractivity contribution >= 4 is 5.95 Å². The van der Waals surface area contributed by atoms with Gasteiger partial charge in [0.1, 0.15) is 18.6 Å². The van der Waals surface area contributed by atoms with Crippen LogP contribution >= 0.6 is 0 Å². The van der Waals surface area contributed by atoms with E-state index in [1.54, 1.807) is 17.1 Å². The van der Waals surface area contributed by atoms with Gasteiger partial charge in [0.2, 0.25) is 5.95 Å². The molecule has 0 saturated carbocycles. The van der Waals surface area contributed by atoms with E-state index < -0.39 is 17.6 Å². The molecule has 4 heterocycles. The van der Waals surface area contributed by atoms with Gasteiger partial charge in [0.05, 0.1) is 23.5 Å². The molecule has 11 nitrogen and oxygen atoms in total. The van der Waals surface area contributed by atoms with Crippen molar-refractivity contribution in [3.8, 4) is 11.4 Å². The van der Waals surface area contributed by atoms with Gasteiger partial charge in [-0.15, -0.1) is 5.10 Å². The molecule has 1 aliphatic heterocycles. The fourth-order valence-electron chi connectivity index (χ4n) is 4.00. The Hall–Kier alpha value is -4.17. The highest BCUT2D eigenvalue weighted by Crippen LogP contribution is 2.31.